The van der Waals surface area contributed by atoms with Gasteiger partial charge in [0.15, 0.2) is 0 Å². The first-order valence-corrected chi connectivity index (χ1v) is 8.12. The molecule has 1 saturated heterocycles. The van der Waals surface area contributed by atoms with Crippen molar-refractivity contribution in [1.29, 1.82) is 0 Å². The van der Waals surface area contributed by atoms with Crippen LogP contribution in [0, 0.1) is 19.8 Å². The van der Waals surface area contributed by atoms with E-state index in [-0.39, 0.29) is 11.8 Å². The van der Waals surface area contributed by atoms with Crippen molar-refractivity contribution in [3.63, 3.8) is 0 Å². The minimum absolute atomic E-state index is 0.118. The van der Waals surface area contributed by atoms with Crippen LogP contribution in [0.3, 0.4) is 0 Å². The van der Waals surface area contributed by atoms with Gasteiger partial charge in [-0.3, -0.25) is 14.6 Å². The summed E-state index contributed by atoms with van der Waals surface area (Å²) >= 11 is 0. The summed E-state index contributed by atoms with van der Waals surface area (Å²) in [5.41, 5.74) is 4.05. The third-order valence-electron chi connectivity index (χ3n) is 4.58. The summed E-state index contributed by atoms with van der Waals surface area (Å²) < 4.78 is 0. The first kappa shape index (κ1) is 16.2. The smallest absolute Gasteiger partial charge is 0.239 e. The minimum Gasteiger partial charge on any atom is -0.351 e. The van der Waals surface area contributed by atoms with E-state index in [1.54, 1.807) is 17.3 Å². The summed E-state index contributed by atoms with van der Waals surface area (Å²) in [6.07, 6.45) is 3.94. The highest BCUT2D eigenvalue weighted by Gasteiger charge is 2.37. The summed E-state index contributed by atoms with van der Waals surface area (Å²) in [5.74, 6) is -0.939. The second-order valence-electron chi connectivity index (χ2n) is 6.13. The normalized spacial score (nSPS) is 17.2. The van der Waals surface area contributed by atoms with E-state index in [2.05, 4.69) is 10.3 Å². The Balaban J connectivity index is 1.67. The van der Waals surface area contributed by atoms with Crippen molar-refractivity contribution in [2.24, 2.45) is 5.92 Å². The number of pyridine rings is 1. The number of carbonyl (C=O) groups is 2. The van der Waals surface area contributed by atoms with Crippen LogP contribution < -0.4 is 10.2 Å². The van der Waals surface area contributed by atoms with Gasteiger partial charge in [0, 0.05) is 31.2 Å². The van der Waals surface area contributed by atoms with Crippen LogP contribution in [0.5, 0.6) is 0 Å². The van der Waals surface area contributed by atoms with Gasteiger partial charge in [-0.1, -0.05) is 18.2 Å². The van der Waals surface area contributed by atoms with E-state index >= 15 is 0 Å². The van der Waals surface area contributed by atoms with Crippen molar-refractivity contribution in [2.75, 3.05) is 11.4 Å². The number of benzene rings is 1. The number of amides is 2. The molecule has 24 heavy (non-hydrogen) atoms. The van der Waals surface area contributed by atoms with Crippen molar-refractivity contribution >= 4 is 17.5 Å². The molecule has 1 atom stereocenters. The van der Waals surface area contributed by atoms with Crippen LogP contribution in [0.4, 0.5) is 5.69 Å². The summed E-state index contributed by atoms with van der Waals surface area (Å²) in [4.78, 5) is 30.8. The average molecular weight is 323 g/mol. The molecule has 1 unspecified atom stereocenters. The molecule has 124 valence electrons. The molecule has 2 amide bonds. The zero-order valence-corrected chi connectivity index (χ0v) is 14.0. The number of nitrogens with one attached hydrogen (secondary N) is 1. The van der Waals surface area contributed by atoms with E-state index in [0.717, 1.165) is 22.4 Å². The van der Waals surface area contributed by atoms with Gasteiger partial charge in [0.25, 0.3) is 0 Å². The largest absolute Gasteiger partial charge is 0.351 e. The second kappa shape index (κ2) is 6.83. The molecule has 0 bridgehead atoms. The monoisotopic (exact) mass is 323 g/mol. The Morgan fingerprint density at radius 3 is 2.88 bits per heavy atom. The molecule has 0 saturated carbocycles. The fraction of sp³-hybridized carbons (Fsp3) is 0.316. The Morgan fingerprint density at radius 1 is 1.29 bits per heavy atom. The van der Waals surface area contributed by atoms with Crippen LogP contribution in [-0.2, 0) is 16.1 Å². The number of rotatable bonds is 4. The topological polar surface area (TPSA) is 62.3 Å². The lowest BCUT2D eigenvalue weighted by molar-refractivity contribution is -0.132. The molecule has 3 rings (SSSR count). The van der Waals surface area contributed by atoms with E-state index in [9.17, 15) is 9.59 Å². The van der Waals surface area contributed by atoms with Crippen LogP contribution in [0.2, 0.25) is 0 Å². The second-order valence-corrected chi connectivity index (χ2v) is 6.13. The van der Waals surface area contributed by atoms with Crippen LogP contribution in [0.15, 0.2) is 42.7 Å². The number of aryl methyl sites for hydroxylation is 1. The number of nitrogens with zero attached hydrogens (tertiary/aromatic N) is 2. The highest BCUT2D eigenvalue weighted by molar-refractivity contribution is 6.09. The van der Waals surface area contributed by atoms with E-state index in [4.69, 9.17) is 0 Å². The quantitative estimate of drug-likeness (QED) is 0.879. The highest BCUT2D eigenvalue weighted by Crippen LogP contribution is 2.29. The van der Waals surface area contributed by atoms with Gasteiger partial charge >= 0.3 is 0 Å². The number of hydrogen-bond donors (Lipinski definition) is 1. The lowest BCUT2D eigenvalue weighted by atomic mass is 10.1. The van der Waals surface area contributed by atoms with E-state index < -0.39 is 5.92 Å². The van der Waals surface area contributed by atoms with Gasteiger partial charge in [-0.05, 0) is 49.1 Å². The van der Waals surface area contributed by atoms with Gasteiger partial charge in [0.05, 0.1) is 0 Å². The molecule has 1 aromatic heterocycles. The minimum atomic E-state index is -0.610. The maximum absolute atomic E-state index is 12.7. The number of anilines is 1. The maximum Gasteiger partial charge on any atom is 0.239 e. The number of carbonyl (C=O) groups excluding carboxylic acids is 2. The average Bonchev–Trinajstić information content (AvgIpc) is 2.98. The molecule has 0 spiro atoms. The summed E-state index contributed by atoms with van der Waals surface area (Å²) in [5, 5.41) is 2.84. The molecule has 1 aliphatic rings. The Hall–Kier alpha value is -2.69. The van der Waals surface area contributed by atoms with E-state index in [1.807, 2.05) is 44.2 Å². The maximum atomic E-state index is 12.7. The standard InChI is InChI=1S/C19H21N3O2/c1-13-5-3-7-17(14(13)2)22-10-8-16(19(22)24)18(23)21-12-15-6-4-9-20-11-15/h3-7,9,11,16H,8,10,12H2,1-2H3,(H,21,23). The molecule has 0 aliphatic carbocycles. The molecule has 2 heterocycles. The van der Waals surface area contributed by atoms with Gasteiger partial charge in [-0.2, -0.15) is 0 Å². The van der Waals surface area contributed by atoms with Crippen molar-refractivity contribution < 1.29 is 9.59 Å². The SMILES string of the molecule is Cc1cccc(N2CCC(C(=O)NCc3cccnc3)C2=O)c1C. The summed E-state index contributed by atoms with van der Waals surface area (Å²) in [6, 6.07) is 9.63. The molecule has 1 aliphatic heterocycles. The van der Waals surface area contributed by atoms with Gasteiger partial charge < -0.3 is 10.2 Å². The predicted molar refractivity (Wildman–Crippen MR) is 92.5 cm³/mol. The van der Waals surface area contributed by atoms with Crippen molar-refractivity contribution in [1.82, 2.24) is 10.3 Å². The third kappa shape index (κ3) is 3.15. The number of hydrogen-bond acceptors (Lipinski definition) is 3. The molecule has 1 aromatic carbocycles. The zero-order valence-electron chi connectivity index (χ0n) is 14.0. The van der Waals surface area contributed by atoms with Gasteiger partial charge in [-0.25, -0.2) is 0 Å². The third-order valence-corrected chi connectivity index (χ3v) is 4.58. The first-order chi connectivity index (χ1) is 11.6. The molecule has 0 radical (unpaired) electrons. The van der Waals surface area contributed by atoms with Crippen LogP contribution in [0.1, 0.15) is 23.1 Å². The molecule has 5 heteroatoms. The highest BCUT2D eigenvalue weighted by atomic mass is 16.2. The fourth-order valence-electron chi connectivity index (χ4n) is 3.01. The Kier molecular flexibility index (Phi) is 4.60. The van der Waals surface area contributed by atoms with Crippen molar-refractivity contribution in [3.05, 3.63) is 59.4 Å². The van der Waals surface area contributed by atoms with Crippen LogP contribution in [-0.4, -0.2) is 23.3 Å². The first-order valence-electron chi connectivity index (χ1n) is 8.12. The predicted octanol–water partition coefficient (Wildman–Crippen LogP) is 2.37. The molecular weight excluding hydrogens is 302 g/mol. The summed E-state index contributed by atoms with van der Waals surface area (Å²) in [6.45, 7) is 5.00. The van der Waals surface area contributed by atoms with E-state index in [1.165, 1.54) is 0 Å². The lowest BCUT2D eigenvalue weighted by Gasteiger charge is -2.20. The molecule has 2 aromatic rings. The van der Waals surface area contributed by atoms with Crippen molar-refractivity contribution in [3.8, 4) is 0 Å². The number of aromatic nitrogens is 1. The van der Waals surface area contributed by atoms with Crippen LogP contribution >= 0.6 is 0 Å². The fourth-order valence-corrected chi connectivity index (χ4v) is 3.01. The molecular formula is C19H21N3O2. The van der Waals surface area contributed by atoms with Gasteiger partial charge in [-0.15, -0.1) is 0 Å². The molecule has 5 nitrogen and oxygen atoms in total. The van der Waals surface area contributed by atoms with Gasteiger partial charge in [0.2, 0.25) is 11.8 Å². The van der Waals surface area contributed by atoms with Crippen molar-refractivity contribution in [2.45, 2.75) is 26.8 Å². The zero-order chi connectivity index (χ0) is 17.1. The Morgan fingerprint density at radius 2 is 2.12 bits per heavy atom. The lowest BCUT2D eigenvalue weighted by Crippen LogP contribution is -2.36. The Bertz CT molecular complexity index is 758. The Labute approximate surface area is 141 Å². The molecule has 1 fully saturated rings. The van der Waals surface area contributed by atoms with E-state index in [0.29, 0.717) is 19.5 Å². The van der Waals surface area contributed by atoms with Gasteiger partial charge in [0.1, 0.15) is 5.92 Å². The van der Waals surface area contributed by atoms with Crippen LogP contribution in [0.25, 0.3) is 0 Å². The molecule has 1 N–H and O–H groups in total. The summed E-state index contributed by atoms with van der Waals surface area (Å²) in [7, 11) is 0.